The van der Waals surface area contributed by atoms with Gasteiger partial charge in [0.05, 0.1) is 16.2 Å². The molecule has 0 radical (unpaired) electrons. The summed E-state index contributed by atoms with van der Waals surface area (Å²) in [6.07, 6.45) is 20.3. The third-order valence-corrected chi connectivity index (χ3v) is 6.75. The van der Waals surface area contributed by atoms with Gasteiger partial charge in [0.15, 0.2) is 0 Å². The van der Waals surface area contributed by atoms with Gasteiger partial charge >= 0.3 is 51.4 Å². The van der Waals surface area contributed by atoms with Crippen molar-refractivity contribution in [2.45, 2.75) is 141 Å². The molecule has 0 rings (SSSR count). The van der Waals surface area contributed by atoms with Crippen LogP contribution in [0.2, 0.25) is 0 Å². The summed E-state index contributed by atoms with van der Waals surface area (Å²) in [6.45, 7) is 3.75. The van der Waals surface area contributed by atoms with Gasteiger partial charge in [0.1, 0.15) is 0 Å². The number of aliphatic hydroxyl groups excluding tert-OH is 1. The molecule has 0 aliphatic heterocycles. The van der Waals surface area contributed by atoms with Gasteiger partial charge < -0.3 is 9.66 Å². The van der Waals surface area contributed by atoms with Crippen LogP contribution in [0.3, 0.4) is 0 Å². The van der Waals surface area contributed by atoms with E-state index in [0.29, 0.717) is 6.42 Å². The van der Waals surface area contributed by atoms with Crippen LogP contribution in [0.15, 0.2) is 0 Å². The minimum atomic E-state index is -4.12. The number of rotatable bonds is 20. The van der Waals surface area contributed by atoms with Gasteiger partial charge in [0, 0.05) is 5.25 Å². The summed E-state index contributed by atoms with van der Waals surface area (Å²) in [5.74, 6) is 0. The Balaban J connectivity index is 0. The maximum atomic E-state index is 10.8. The molecule has 0 aliphatic rings. The minimum absolute atomic E-state index is 0. The quantitative estimate of drug-likeness (QED) is 0.177. The van der Waals surface area contributed by atoms with Crippen LogP contribution in [-0.4, -0.2) is 29.4 Å². The van der Waals surface area contributed by atoms with Crippen molar-refractivity contribution in [3.63, 3.8) is 0 Å². The molecular weight excluding hydrogens is 399 g/mol. The van der Waals surface area contributed by atoms with Crippen LogP contribution < -0.4 is 51.4 Å². The summed E-state index contributed by atoms with van der Waals surface area (Å²) in [5, 5.41) is 9.27. The first-order valence-corrected chi connectivity index (χ1v) is 13.0. The Morgan fingerprint density at radius 1 is 0.679 bits per heavy atom. The number of hydrogen-bond donors (Lipinski definition) is 1. The van der Waals surface area contributed by atoms with Crippen molar-refractivity contribution >= 4 is 10.1 Å². The molecule has 4 nitrogen and oxygen atoms in total. The van der Waals surface area contributed by atoms with Crippen molar-refractivity contribution in [2.24, 2.45) is 0 Å². The topological polar surface area (TPSA) is 77.4 Å². The second kappa shape index (κ2) is 21.7. The average Bonchev–Trinajstić information content (AvgIpc) is 2.61. The summed E-state index contributed by atoms with van der Waals surface area (Å²) in [7, 11) is -4.12. The van der Waals surface area contributed by atoms with Gasteiger partial charge in [0.25, 0.3) is 0 Å². The van der Waals surface area contributed by atoms with Crippen LogP contribution in [0, 0.1) is 0 Å². The fraction of sp³-hybridized carbons (Fsp3) is 1.00. The molecule has 0 aromatic heterocycles. The second-order valence-corrected chi connectivity index (χ2v) is 10.1. The first-order valence-electron chi connectivity index (χ1n) is 11.5. The Bertz CT molecular complexity index is 415. The minimum Gasteiger partial charge on any atom is -0.748 e. The standard InChI is InChI=1S/C22H46O4S.K/c1-3-4-5-6-7-8-9-10-13-16-19-22(23)20-17-14-11-12-15-18-21(2)27(24,25)26;/h21-23H,3-20H2,1-2H3,(H,24,25,26);/q;+1/p-1. The number of unbranched alkanes of at least 4 members (excludes halogenated alkanes) is 13. The molecule has 0 aromatic rings. The fourth-order valence-corrected chi connectivity index (χ4v) is 3.95. The summed E-state index contributed by atoms with van der Waals surface area (Å²) in [6, 6.07) is 0. The molecule has 0 bridgehead atoms. The molecule has 6 heteroatoms. The molecule has 2 unspecified atom stereocenters. The van der Waals surface area contributed by atoms with Gasteiger partial charge in [-0.05, 0) is 26.2 Å². The van der Waals surface area contributed by atoms with E-state index in [4.69, 9.17) is 0 Å². The summed E-state index contributed by atoms with van der Waals surface area (Å²) in [4.78, 5) is 0. The largest absolute Gasteiger partial charge is 1.00 e. The molecule has 0 spiro atoms. The summed E-state index contributed by atoms with van der Waals surface area (Å²) < 4.78 is 32.4. The maximum absolute atomic E-state index is 10.8. The van der Waals surface area contributed by atoms with Gasteiger partial charge in [-0.1, -0.05) is 103 Å². The Labute approximate surface area is 218 Å². The van der Waals surface area contributed by atoms with E-state index in [1.54, 1.807) is 0 Å². The van der Waals surface area contributed by atoms with Gasteiger partial charge in [-0.25, -0.2) is 8.42 Å². The molecule has 28 heavy (non-hydrogen) atoms. The van der Waals surface area contributed by atoms with E-state index in [-0.39, 0.29) is 57.5 Å². The van der Waals surface area contributed by atoms with Crippen LogP contribution in [0.1, 0.15) is 129 Å². The van der Waals surface area contributed by atoms with Crippen molar-refractivity contribution in [1.82, 2.24) is 0 Å². The maximum Gasteiger partial charge on any atom is 1.00 e. The van der Waals surface area contributed by atoms with E-state index in [1.165, 1.54) is 64.7 Å². The van der Waals surface area contributed by atoms with Crippen molar-refractivity contribution in [3.8, 4) is 0 Å². The monoisotopic (exact) mass is 444 g/mol. The molecule has 0 heterocycles. The zero-order chi connectivity index (χ0) is 20.4. The summed E-state index contributed by atoms with van der Waals surface area (Å²) >= 11 is 0. The Hall–Kier alpha value is 1.51. The van der Waals surface area contributed by atoms with Gasteiger partial charge in [-0.2, -0.15) is 0 Å². The molecule has 0 aliphatic carbocycles. The SMILES string of the molecule is CCCCCCCCCCCCC(O)CCCCCCCC(C)S(=O)(=O)[O-].[K+]. The Morgan fingerprint density at radius 2 is 1.00 bits per heavy atom. The number of aliphatic hydroxyl groups is 1. The average molecular weight is 445 g/mol. The van der Waals surface area contributed by atoms with E-state index < -0.39 is 15.4 Å². The van der Waals surface area contributed by atoms with E-state index in [2.05, 4.69) is 6.92 Å². The van der Waals surface area contributed by atoms with Crippen LogP contribution >= 0.6 is 0 Å². The normalized spacial score (nSPS) is 13.9. The zero-order valence-corrected chi connectivity index (χ0v) is 22.9. The zero-order valence-electron chi connectivity index (χ0n) is 19.0. The smallest absolute Gasteiger partial charge is 0.748 e. The molecule has 0 aromatic carbocycles. The molecule has 0 fully saturated rings. The predicted octanol–water partition coefficient (Wildman–Crippen LogP) is 3.33. The molecule has 164 valence electrons. The Morgan fingerprint density at radius 3 is 1.36 bits per heavy atom. The number of hydrogen-bond acceptors (Lipinski definition) is 4. The van der Waals surface area contributed by atoms with Crippen molar-refractivity contribution < 1.29 is 69.5 Å². The molecule has 2 atom stereocenters. The first kappa shape index (κ1) is 31.7. The van der Waals surface area contributed by atoms with Crippen molar-refractivity contribution in [2.75, 3.05) is 0 Å². The van der Waals surface area contributed by atoms with Crippen LogP contribution in [-0.2, 0) is 10.1 Å². The molecule has 0 saturated heterocycles. The molecule has 0 saturated carbocycles. The molecular formula is C22H45KO4S. The second-order valence-electron chi connectivity index (χ2n) is 8.27. The van der Waals surface area contributed by atoms with Crippen molar-refractivity contribution in [3.05, 3.63) is 0 Å². The van der Waals surface area contributed by atoms with Crippen molar-refractivity contribution in [1.29, 1.82) is 0 Å². The van der Waals surface area contributed by atoms with E-state index in [0.717, 1.165) is 51.4 Å². The van der Waals surface area contributed by atoms with Crippen LogP contribution in [0.5, 0.6) is 0 Å². The third kappa shape index (κ3) is 22.2. The van der Waals surface area contributed by atoms with Gasteiger partial charge in [-0.15, -0.1) is 0 Å². The van der Waals surface area contributed by atoms with E-state index in [1.807, 2.05) is 0 Å². The van der Waals surface area contributed by atoms with E-state index in [9.17, 15) is 18.1 Å². The van der Waals surface area contributed by atoms with Crippen LogP contribution in [0.4, 0.5) is 0 Å². The first-order chi connectivity index (χ1) is 12.9. The predicted molar refractivity (Wildman–Crippen MR) is 114 cm³/mol. The third-order valence-electron chi connectivity index (χ3n) is 5.53. The van der Waals surface area contributed by atoms with Crippen LogP contribution in [0.25, 0.3) is 0 Å². The van der Waals surface area contributed by atoms with Gasteiger partial charge in [0.2, 0.25) is 0 Å². The summed E-state index contributed by atoms with van der Waals surface area (Å²) in [5.41, 5.74) is 0. The fourth-order valence-electron chi connectivity index (χ4n) is 3.50. The molecule has 0 amide bonds. The molecule has 1 N–H and O–H groups in total. The Kier molecular flexibility index (Phi) is 24.6. The van der Waals surface area contributed by atoms with E-state index >= 15 is 0 Å². The van der Waals surface area contributed by atoms with Gasteiger partial charge in [-0.3, -0.25) is 0 Å².